The summed E-state index contributed by atoms with van der Waals surface area (Å²) in [5, 5.41) is 2.65. The lowest BCUT2D eigenvalue weighted by Gasteiger charge is -2.00. The second kappa shape index (κ2) is 4.35. The van der Waals surface area contributed by atoms with Crippen molar-refractivity contribution in [3.63, 3.8) is 0 Å². The molecule has 1 aromatic rings. The molecule has 1 rings (SSSR count). The van der Waals surface area contributed by atoms with Crippen LogP contribution in [-0.2, 0) is 4.79 Å². The van der Waals surface area contributed by atoms with Crippen LogP contribution < -0.4 is 5.32 Å². The number of carbonyl (C=O) groups is 1. The number of hydrogen-bond acceptors (Lipinski definition) is 1. The van der Waals surface area contributed by atoms with Crippen molar-refractivity contribution in [2.24, 2.45) is 0 Å². The molecule has 0 fully saturated rings. The van der Waals surface area contributed by atoms with E-state index in [1.165, 1.54) is 6.92 Å². The van der Waals surface area contributed by atoms with Gasteiger partial charge >= 0.3 is 0 Å². The topological polar surface area (TPSA) is 65.5 Å². The Hall–Kier alpha value is -1.93. The molecule has 0 aromatic heterocycles. The maximum atomic E-state index is 10.7. The van der Waals surface area contributed by atoms with Crippen LogP contribution in [-0.4, -0.2) is 16.4 Å². The maximum absolute atomic E-state index is 10.7. The molecule has 72 valence electrons. The van der Waals surface area contributed by atoms with Crippen molar-refractivity contribution in [3.8, 4) is 0 Å². The number of amides is 1. The van der Waals surface area contributed by atoms with Gasteiger partial charge in [-0.3, -0.25) is 4.79 Å². The van der Waals surface area contributed by atoms with Gasteiger partial charge in [0.05, 0.1) is 5.56 Å². The summed E-state index contributed by atoms with van der Waals surface area (Å²) in [5.41, 5.74) is 10.6. The second-order valence-electron chi connectivity index (χ2n) is 2.94. The summed E-state index contributed by atoms with van der Waals surface area (Å²) in [6.07, 6.45) is 0. The Labute approximate surface area is 82.2 Å². The number of nitrogens with zero attached hydrogens (tertiary/aromatic N) is 2. The molecule has 0 radical (unpaired) electrons. The van der Waals surface area contributed by atoms with Crippen molar-refractivity contribution >= 4 is 17.3 Å². The summed E-state index contributed by atoms with van der Waals surface area (Å²) in [7, 11) is 0. The quantitative estimate of drug-likeness (QED) is 0.429. The van der Waals surface area contributed by atoms with Crippen molar-refractivity contribution < 1.29 is 9.58 Å². The minimum atomic E-state index is -0.106. The van der Waals surface area contributed by atoms with E-state index in [1.807, 2.05) is 0 Å². The average Bonchev–Trinajstić information content (AvgIpc) is 2.17. The Morgan fingerprint density at radius 3 is 2.29 bits per heavy atom. The van der Waals surface area contributed by atoms with Crippen molar-refractivity contribution in [2.75, 3.05) is 5.32 Å². The fraction of sp³-hybridized carbons (Fsp3) is 0.200. The van der Waals surface area contributed by atoms with Gasteiger partial charge in [0, 0.05) is 19.5 Å². The Kier molecular flexibility index (Phi) is 3.15. The fourth-order valence-corrected chi connectivity index (χ4v) is 1.06. The molecule has 0 heterocycles. The molecular formula is C10H11N3O. The summed E-state index contributed by atoms with van der Waals surface area (Å²) >= 11 is 0. The van der Waals surface area contributed by atoms with Crippen LogP contribution in [0.1, 0.15) is 19.4 Å². The molecule has 0 aliphatic rings. The van der Waals surface area contributed by atoms with Gasteiger partial charge in [-0.25, -0.2) is 0 Å². The largest absolute Gasteiger partial charge is 0.361 e. The Morgan fingerprint density at radius 2 is 1.86 bits per heavy atom. The van der Waals surface area contributed by atoms with E-state index in [0.717, 1.165) is 11.3 Å². The minimum absolute atomic E-state index is 0.106. The first kappa shape index (κ1) is 10.2. The van der Waals surface area contributed by atoms with Crippen molar-refractivity contribution in [2.45, 2.75) is 13.8 Å². The van der Waals surface area contributed by atoms with E-state index in [2.05, 4.69) is 10.1 Å². The zero-order chi connectivity index (χ0) is 10.6. The second-order valence-corrected chi connectivity index (χ2v) is 2.94. The van der Waals surface area contributed by atoms with Crippen LogP contribution in [0.5, 0.6) is 0 Å². The van der Waals surface area contributed by atoms with Gasteiger partial charge in [-0.15, -0.1) is 0 Å². The van der Waals surface area contributed by atoms with E-state index >= 15 is 0 Å². The van der Waals surface area contributed by atoms with E-state index < -0.39 is 0 Å². The highest BCUT2D eigenvalue weighted by atomic mass is 16.1. The lowest BCUT2D eigenvalue weighted by molar-refractivity contribution is -0.114. The lowest BCUT2D eigenvalue weighted by atomic mass is 10.1. The molecule has 0 spiro atoms. The molecule has 1 amide bonds. The highest BCUT2D eigenvalue weighted by Gasteiger charge is 2.03. The van der Waals surface area contributed by atoms with E-state index in [9.17, 15) is 4.79 Å². The van der Waals surface area contributed by atoms with Crippen molar-refractivity contribution in [1.29, 1.82) is 0 Å². The third-order valence-corrected chi connectivity index (χ3v) is 1.77. The summed E-state index contributed by atoms with van der Waals surface area (Å²) in [6, 6.07) is 7.07. The summed E-state index contributed by atoms with van der Waals surface area (Å²) in [5.74, 6) is -0.106. The molecule has 4 heteroatoms. The molecule has 0 aliphatic carbocycles. The van der Waals surface area contributed by atoms with Gasteiger partial charge in [0.25, 0.3) is 5.71 Å². The zero-order valence-corrected chi connectivity index (χ0v) is 8.11. The van der Waals surface area contributed by atoms with Crippen LogP contribution in [0.4, 0.5) is 5.69 Å². The first-order chi connectivity index (χ1) is 6.63. The Morgan fingerprint density at radius 1 is 1.29 bits per heavy atom. The Bertz CT molecular complexity index is 388. The van der Waals surface area contributed by atoms with Gasteiger partial charge in [0.15, 0.2) is 0 Å². The third-order valence-electron chi connectivity index (χ3n) is 1.77. The van der Waals surface area contributed by atoms with Crippen LogP contribution >= 0.6 is 0 Å². The van der Waals surface area contributed by atoms with Gasteiger partial charge in [0.1, 0.15) is 0 Å². The average molecular weight is 189 g/mol. The molecule has 4 nitrogen and oxygen atoms in total. The smallest absolute Gasteiger partial charge is 0.296 e. The Balaban J connectivity index is 2.89. The highest BCUT2D eigenvalue weighted by molar-refractivity contribution is 5.95. The third kappa shape index (κ3) is 2.54. The fourth-order valence-electron chi connectivity index (χ4n) is 1.06. The molecular weight excluding hydrogens is 178 g/mol. The molecule has 0 bridgehead atoms. The molecule has 1 N–H and O–H groups in total. The number of carbonyl (C=O) groups excluding carboxylic acids is 1. The summed E-state index contributed by atoms with van der Waals surface area (Å²) in [4.78, 5) is 13.8. The number of benzene rings is 1. The van der Waals surface area contributed by atoms with Crippen LogP contribution in [0.2, 0.25) is 0 Å². The number of anilines is 1. The van der Waals surface area contributed by atoms with E-state index in [0.29, 0.717) is 5.71 Å². The van der Waals surface area contributed by atoms with E-state index in [4.69, 9.17) is 5.53 Å². The number of nitrogens with one attached hydrogen (secondary N) is 1. The molecule has 0 unspecified atom stereocenters. The van der Waals surface area contributed by atoms with Crippen molar-refractivity contribution in [3.05, 3.63) is 35.4 Å². The molecule has 0 aliphatic heterocycles. The first-order valence-corrected chi connectivity index (χ1v) is 4.20. The first-order valence-electron chi connectivity index (χ1n) is 4.20. The summed E-state index contributed by atoms with van der Waals surface area (Å²) in [6.45, 7) is 3.15. The normalized spacial score (nSPS) is 9.00. The molecule has 1 aromatic carbocycles. The van der Waals surface area contributed by atoms with Gasteiger partial charge in [-0.05, 0) is 24.3 Å². The zero-order valence-electron chi connectivity index (χ0n) is 8.11. The predicted molar refractivity (Wildman–Crippen MR) is 54.1 cm³/mol. The van der Waals surface area contributed by atoms with E-state index in [-0.39, 0.29) is 5.91 Å². The molecule has 0 atom stereocenters. The number of hydrogen-bond donors (Lipinski definition) is 1. The van der Waals surface area contributed by atoms with E-state index in [1.54, 1.807) is 31.2 Å². The number of rotatable bonds is 2. The van der Waals surface area contributed by atoms with Crippen LogP contribution in [0, 0.1) is 0 Å². The molecule has 0 saturated carbocycles. The monoisotopic (exact) mass is 189 g/mol. The molecule has 0 saturated heterocycles. The van der Waals surface area contributed by atoms with Gasteiger partial charge in [-0.2, -0.15) is 4.79 Å². The van der Waals surface area contributed by atoms with Crippen molar-refractivity contribution in [1.82, 2.24) is 0 Å². The SMILES string of the molecule is CC(=O)Nc1ccc(C(C)=[N+]=[N-])cc1. The predicted octanol–water partition coefficient (Wildman–Crippen LogP) is 1.68. The maximum Gasteiger partial charge on any atom is 0.296 e. The standard InChI is InChI=1S/C10H11N3O/c1-7(13-11)9-3-5-10(6-4-9)12-8(2)14/h3-6H,1-2H3,(H,12,14). The minimum Gasteiger partial charge on any atom is -0.361 e. The van der Waals surface area contributed by atoms with Crippen LogP contribution in [0.3, 0.4) is 0 Å². The van der Waals surface area contributed by atoms with Gasteiger partial charge < -0.3 is 10.8 Å². The highest BCUT2D eigenvalue weighted by Crippen LogP contribution is 2.09. The van der Waals surface area contributed by atoms with Crippen LogP contribution in [0.25, 0.3) is 5.53 Å². The van der Waals surface area contributed by atoms with Crippen LogP contribution in [0.15, 0.2) is 24.3 Å². The van der Waals surface area contributed by atoms with Gasteiger partial charge in [-0.1, -0.05) is 0 Å². The molecule has 14 heavy (non-hydrogen) atoms. The lowest BCUT2D eigenvalue weighted by Crippen LogP contribution is -2.05. The van der Waals surface area contributed by atoms with Gasteiger partial charge in [0.2, 0.25) is 5.91 Å². The summed E-state index contributed by atoms with van der Waals surface area (Å²) < 4.78 is 0.